The van der Waals surface area contributed by atoms with E-state index >= 15 is 0 Å². The largest absolute Gasteiger partial charge is 0.493 e. The van der Waals surface area contributed by atoms with Crippen LogP contribution in [0.15, 0.2) is 41.9 Å². The van der Waals surface area contributed by atoms with E-state index in [2.05, 4.69) is 29.4 Å². The van der Waals surface area contributed by atoms with Crippen LogP contribution in [0.5, 0.6) is 11.5 Å². The number of ether oxygens (including phenoxy) is 2. The Morgan fingerprint density at radius 1 is 1.16 bits per heavy atom. The van der Waals surface area contributed by atoms with Gasteiger partial charge in [-0.1, -0.05) is 23.8 Å². The highest BCUT2D eigenvalue weighted by atomic mass is 32.1. The summed E-state index contributed by atoms with van der Waals surface area (Å²) in [5.74, 6) is 0.802. The van der Waals surface area contributed by atoms with Crippen LogP contribution in [0, 0.1) is 25.2 Å². The average Bonchev–Trinajstić information content (AvgIpc) is 3.23. The van der Waals surface area contributed by atoms with Gasteiger partial charge in [-0.25, -0.2) is 4.98 Å². The number of hydrogen-bond acceptors (Lipinski definition) is 7. The highest BCUT2D eigenvalue weighted by Gasteiger charge is 2.15. The molecular weight excluding hydrogens is 410 g/mol. The number of carbonyl (C=O) groups excluding carboxylic acids is 1. The van der Waals surface area contributed by atoms with Crippen molar-refractivity contribution in [1.29, 1.82) is 5.26 Å². The number of anilines is 1. The first-order chi connectivity index (χ1) is 14.9. The smallest absolute Gasteiger partial charge is 0.162 e. The molecule has 0 fully saturated rings. The van der Waals surface area contributed by atoms with Gasteiger partial charge >= 0.3 is 0 Å². The van der Waals surface area contributed by atoms with Crippen LogP contribution in [0.4, 0.5) is 5.69 Å². The molecule has 158 valence electrons. The van der Waals surface area contributed by atoms with Gasteiger partial charge in [0, 0.05) is 28.8 Å². The van der Waals surface area contributed by atoms with Crippen molar-refractivity contribution >= 4 is 28.4 Å². The van der Waals surface area contributed by atoms with Crippen LogP contribution in [-0.4, -0.2) is 25.0 Å². The summed E-state index contributed by atoms with van der Waals surface area (Å²) in [4.78, 5) is 16.8. The minimum atomic E-state index is -0.137. The Kier molecular flexibility index (Phi) is 6.73. The highest BCUT2D eigenvalue weighted by Crippen LogP contribution is 2.34. The molecular formula is C24H23N3O3S. The molecule has 31 heavy (non-hydrogen) atoms. The molecule has 1 aromatic heterocycles. The summed E-state index contributed by atoms with van der Waals surface area (Å²) < 4.78 is 10.6. The number of nitrogens with zero attached hydrogens (tertiary/aromatic N) is 2. The molecule has 0 saturated carbocycles. The van der Waals surface area contributed by atoms with Crippen LogP contribution in [0.25, 0.3) is 16.8 Å². The quantitative estimate of drug-likeness (QED) is 0.384. The van der Waals surface area contributed by atoms with Gasteiger partial charge in [0.2, 0.25) is 0 Å². The lowest BCUT2D eigenvalue weighted by Crippen LogP contribution is -2.03. The predicted octanol–water partition coefficient (Wildman–Crippen LogP) is 5.62. The lowest BCUT2D eigenvalue weighted by Gasteiger charge is -2.13. The number of Topliss-reactive ketones (excluding diaryl/α,β-unsaturated/α-hetero) is 1. The number of rotatable bonds is 7. The number of aromatic nitrogens is 1. The van der Waals surface area contributed by atoms with E-state index < -0.39 is 0 Å². The van der Waals surface area contributed by atoms with Crippen LogP contribution in [0.3, 0.4) is 0 Å². The molecule has 0 aliphatic rings. The topological polar surface area (TPSA) is 84.2 Å². The van der Waals surface area contributed by atoms with Crippen molar-refractivity contribution in [3.8, 4) is 28.8 Å². The first kappa shape index (κ1) is 22.1. The van der Waals surface area contributed by atoms with E-state index in [0.29, 0.717) is 33.3 Å². The first-order valence-corrected chi connectivity index (χ1v) is 10.4. The van der Waals surface area contributed by atoms with E-state index in [4.69, 9.17) is 9.47 Å². The third-order valence-corrected chi connectivity index (χ3v) is 5.66. The summed E-state index contributed by atoms with van der Waals surface area (Å²) in [6, 6.07) is 11.7. The normalized spacial score (nSPS) is 11.0. The number of ketones is 1. The second-order valence-electron chi connectivity index (χ2n) is 6.98. The third-order valence-electron chi connectivity index (χ3n) is 4.79. The van der Waals surface area contributed by atoms with Gasteiger partial charge in [-0.05, 0) is 32.4 Å². The fourth-order valence-corrected chi connectivity index (χ4v) is 3.99. The summed E-state index contributed by atoms with van der Waals surface area (Å²) in [5.41, 5.74) is 5.51. The Hall–Kier alpha value is -3.63. The van der Waals surface area contributed by atoms with Crippen molar-refractivity contribution in [2.24, 2.45) is 0 Å². The molecule has 0 amide bonds. The number of carbonyl (C=O) groups is 1. The SMILES string of the molecule is COc1cc(NC=C(C#N)c2nc(-c3ccc(C)cc3C)cs2)c(C(C)=O)cc1OC. The van der Waals surface area contributed by atoms with Gasteiger partial charge < -0.3 is 14.8 Å². The number of nitriles is 1. The van der Waals surface area contributed by atoms with Crippen LogP contribution >= 0.6 is 11.3 Å². The molecule has 6 nitrogen and oxygen atoms in total. The Bertz CT molecular complexity index is 1210. The second-order valence-corrected chi connectivity index (χ2v) is 7.84. The number of allylic oxidation sites excluding steroid dienone is 1. The highest BCUT2D eigenvalue weighted by molar-refractivity contribution is 7.11. The minimum Gasteiger partial charge on any atom is -0.493 e. The Morgan fingerprint density at radius 2 is 1.87 bits per heavy atom. The lowest BCUT2D eigenvalue weighted by molar-refractivity contribution is 0.101. The van der Waals surface area contributed by atoms with Gasteiger partial charge in [-0.15, -0.1) is 11.3 Å². The lowest BCUT2D eigenvalue weighted by atomic mass is 10.0. The minimum absolute atomic E-state index is 0.137. The van der Waals surface area contributed by atoms with Crippen LogP contribution in [-0.2, 0) is 0 Å². The molecule has 0 radical (unpaired) electrons. The fourth-order valence-electron chi connectivity index (χ4n) is 3.20. The van der Waals surface area contributed by atoms with Gasteiger partial charge in [-0.3, -0.25) is 4.79 Å². The summed E-state index contributed by atoms with van der Waals surface area (Å²) in [6.45, 7) is 5.57. The molecule has 0 unspecified atom stereocenters. The van der Waals surface area contributed by atoms with E-state index in [1.807, 2.05) is 24.4 Å². The zero-order chi connectivity index (χ0) is 22.5. The van der Waals surface area contributed by atoms with Gasteiger partial charge in [-0.2, -0.15) is 5.26 Å². The van der Waals surface area contributed by atoms with Crippen LogP contribution < -0.4 is 14.8 Å². The Balaban J connectivity index is 1.94. The predicted molar refractivity (Wildman–Crippen MR) is 124 cm³/mol. The maximum atomic E-state index is 12.1. The fraction of sp³-hybridized carbons (Fsp3) is 0.208. The molecule has 1 N–H and O–H groups in total. The number of hydrogen-bond donors (Lipinski definition) is 1. The molecule has 0 saturated heterocycles. The van der Waals surface area contributed by atoms with Crippen molar-refractivity contribution in [3.05, 3.63) is 63.6 Å². The number of methoxy groups -OCH3 is 2. The zero-order valence-corrected chi connectivity index (χ0v) is 18.9. The second kappa shape index (κ2) is 9.45. The Morgan fingerprint density at radius 3 is 2.48 bits per heavy atom. The van der Waals surface area contributed by atoms with Crippen molar-refractivity contribution in [2.75, 3.05) is 19.5 Å². The molecule has 0 atom stereocenters. The standard InChI is InChI=1S/C24H23N3O3S/c1-14-6-7-18(15(2)8-14)21-13-31-24(27-21)17(11-25)12-26-20-10-23(30-5)22(29-4)9-19(20)16(3)28/h6-10,12-13,26H,1-5H3. The summed E-state index contributed by atoms with van der Waals surface area (Å²) in [7, 11) is 3.04. The molecule has 7 heteroatoms. The molecule has 0 aliphatic heterocycles. The molecule has 3 aromatic rings. The summed E-state index contributed by atoms with van der Waals surface area (Å²) >= 11 is 1.40. The average molecular weight is 434 g/mol. The van der Waals surface area contributed by atoms with E-state index in [9.17, 15) is 10.1 Å². The van der Waals surface area contributed by atoms with E-state index in [1.54, 1.807) is 18.3 Å². The van der Waals surface area contributed by atoms with E-state index in [0.717, 1.165) is 16.8 Å². The van der Waals surface area contributed by atoms with Crippen LogP contribution in [0.1, 0.15) is 33.4 Å². The maximum absolute atomic E-state index is 12.1. The van der Waals surface area contributed by atoms with E-state index in [1.165, 1.54) is 38.0 Å². The van der Waals surface area contributed by atoms with Gasteiger partial charge in [0.25, 0.3) is 0 Å². The van der Waals surface area contributed by atoms with Crippen molar-refractivity contribution in [3.63, 3.8) is 0 Å². The van der Waals surface area contributed by atoms with Gasteiger partial charge in [0.05, 0.1) is 25.6 Å². The van der Waals surface area contributed by atoms with Crippen molar-refractivity contribution in [2.45, 2.75) is 20.8 Å². The third kappa shape index (κ3) is 4.76. The number of nitrogens with one attached hydrogen (secondary N) is 1. The van der Waals surface area contributed by atoms with Crippen molar-refractivity contribution in [1.82, 2.24) is 4.98 Å². The maximum Gasteiger partial charge on any atom is 0.162 e. The first-order valence-electron chi connectivity index (χ1n) is 9.55. The van der Waals surface area contributed by atoms with Crippen LogP contribution in [0.2, 0.25) is 0 Å². The molecule has 0 spiro atoms. The number of benzene rings is 2. The Labute approximate surface area is 185 Å². The summed E-state index contributed by atoms with van der Waals surface area (Å²) in [6.07, 6.45) is 1.55. The van der Waals surface area contributed by atoms with Gasteiger partial charge in [0.15, 0.2) is 17.3 Å². The number of aryl methyl sites for hydroxylation is 2. The molecule has 2 aromatic carbocycles. The zero-order valence-electron chi connectivity index (χ0n) is 18.1. The molecule has 3 rings (SSSR count). The summed E-state index contributed by atoms with van der Waals surface area (Å²) in [5, 5.41) is 15.3. The molecule has 0 bridgehead atoms. The number of thiazole rings is 1. The van der Waals surface area contributed by atoms with Gasteiger partial charge in [0.1, 0.15) is 16.6 Å². The van der Waals surface area contributed by atoms with Crippen molar-refractivity contribution < 1.29 is 14.3 Å². The molecule has 1 heterocycles. The monoisotopic (exact) mass is 433 g/mol. The molecule has 0 aliphatic carbocycles. The van der Waals surface area contributed by atoms with E-state index in [-0.39, 0.29) is 5.78 Å².